The van der Waals surface area contributed by atoms with Crippen molar-refractivity contribution in [1.29, 1.82) is 0 Å². The highest BCUT2D eigenvalue weighted by Crippen LogP contribution is 2.20. The van der Waals surface area contributed by atoms with E-state index in [1.165, 1.54) is 13.8 Å². The number of rotatable bonds is 10. The average molecular weight is 329 g/mol. The molecule has 0 bridgehead atoms. The molecule has 1 aliphatic heterocycles. The number of carbonyl (C=O) groups excluding carboxylic acids is 2. The van der Waals surface area contributed by atoms with Gasteiger partial charge in [0.1, 0.15) is 6.61 Å². The number of aliphatic hydroxyl groups is 1. The summed E-state index contributed by atoms with van der Waals surface area (Å²) in [5.41, 5.74) is 0. The Bertz CT molecular complexity index is 362. The highest BCUT2D eigenvalue weighted by molar-refractivity contribution is 5.73. The number of hydrogen-bond donors (Lipinski definition) is 2. The smallest absolute Gasteiger partial charge is 0.302 e. The molecule has 1 rings (SSSR count). The van der Waals surface area contributed by atoms with E-state index in [1.807, 2.05) is 0 Å². The number of ether oxygens (including phenoxy) is 3. The van der Waals surface area contributed by atoms with Crippen LogP contribution < -0.4 is 5.32 Å². The van der Waals surface area contributed by atoms with Crippen LogP contribution in [0.3, 0.4) is 0 Å². The number of carbonyl (C=O) groups is 2. The van der Waals surface area contributed by atoms with Crippen molar-refractivity contribution in [2.45, 2.75) is 58.0 Å². The zero-order valence-corrected chi connectivity index (χ0v) is 13.8. The number of unbranched alkanes of at least 4 members (excludes halogenated alkanes) is 3. The predicted molar refractivity (Wildman–Crippen MR) is 83.0 cm³/mol. The maximum absolute atomic E-state index is 11.3. The third-order valence-corrected chi connectivity index (χ3v) is 3.29. The zero-order chi connectivity index (χ0) is 17.1. The Morgan fingerprint density at radius 1 is 1.17 bits per heavy atom. The van der Waals surface area contributed by atoms with Crippen molar-refractivity contribution in [2.24, 2.45) is 0 Å². The topological polar surface area (TPSA) is 94.1 Å². The van der Waals surface area contributed by atoms with Crippen molar-refractivity contribution in [2.75, 3.05) is 19.8 Å². The molecule has 1 amide bonds. The summed E-state index contributed by atoms with van der Waals surface area (Å²) in [7, 11) is 0. The lowest BCUT2D eigenvalue weighted by atomic mass is 10.0. The van der Waals surface area contributed by atoms with E-state index in [1.54, 1.807) is 12.8 Å². The maximum atomic E-state index is 11.3. The van der Waals surface area contributed by atoms with Gasteiger partial charge in [0.15, 0.2) is 6.29 Å². The van der Waals surface area contributed by atoms with E-state index >= 15 is 0 Å². The number of amides is 1. The lowest BCUT2D eigenvalue weighted by molar-refractivity contribution is -0.196. The standard InChI is InChI=1S/C16H27NO6/c1-12(19)17-15-8-7-14(11-22-13(2)20)23-16(15)21-10-6-4-3-5-9-18/h7-8,14-16,18H,3-6,9-11H2,1-2H3,(H,17,19)/t14-,15-,16-/m1/s1. The van der Waals surface area contributed by atoms with E-state index in [-0.39, 0.29) is 37.2 Å². The van der Waals surface area contributed by atoms with Gasteiger partial charge in [0.05, 0.1) is 12.1 Å². The van der Waals surface area contributed by atoms with E-state index in [0.717, 1.165) is 25.7 Å². The van der Waals surface area contributed by atoms with Crippen LogP contribution in [-0.2, 0) is 23.8 Å². The van der Waals surface area contributed by atoms with E-state index < -0.39 is 6.29 Å². The summed E-state index contributed by atoms with van der Waals surface area (Å²) in [4.78, 5) is 22.1. The van der Waals surface area contributed by atoms with Crippen LogP contribution in [0.4, 0.5) is 0 Å². The predicted octanol–water partition coefficient (Wildman–Crippen LogP) is 0.757. The van der Waals surface area contributed by atoms with E-state index in [9.17, 15) is 9.59 Å². The Balaban J connectivity index is 2.38. The molecule has 1 aliphatic rings. The summed E-state index contributed by atoms with van der Waals surface area (Å²) in [6, 6.07) is -0.362. The van der Waals surface area contributed by atoms with Gasteiger partial charge < -0.3 is 24.6 Å². The molecule has 1 saturated heterocycles. The third-order valence-electron chi connectivity index (χ3n) is 3.29. The molecule has 2 N–H and O–H groups in total. The summed E-state index contributed by atoms with van der Waals surface area (Å²) in [6.07, 6.45) is 6.12. The maximum Gasteiger partial charge on any atom is 0.302 e. The van der Waals surface area contributed by atoms with Crippen LogP contribution in [0.15, 0.2) is 0 Å². The molecule has 0 aromatic heterocycles. The van der Waals surface area contributed by atoms with Crippen LogP contribution >= 0.6 is 0 Å². The van der Waals surface area contributed by atoms with Crippen LogP contribution in [0, 0.1) is 12.8 Å². The largest absolute Gasteiger partial charge is 0.463 e. The number of nitrogens with one attached hydrogen (secondary N) is 1. The van der Waals surface area contributed by atoms with Crippen molar-refractivity contribution in [3.63, 3.8) is 0 Å². The Hall–Kier alpha value is -1.18. The average Bonchev–Trinajstić information content (AvgIpc) is 2.50. The van der Waals surface area contributed by atoms with Gasteiger partial charge in [-0.15, -0.1) is 0 Å². The van der Waals surface area contributed by atoms with E-state index in [2.05, 4.69) is 5.32 Å². The first-order chi connectivity index (χ1) is 11.0. The summed E-state index contributed by atoms with van der Waals surface area (Å²) >= 11 is 0. The zero-order valence-electron chi connectivity index (χ0n) is 13.8. The molecule has 0 spiro atoms. The molecule has 1 heterocycles. The Kier molecular flexibility index (Phi) is 9.82. The molecule has 0 aromatic carbocycles. The van der Waals surface area contributed by atoms with Gasteiger partial charge in [-0.2, -0.15) is 0 Å². The van der Waals surface area contributed by atoms with Gasteiger partial charge in [-0.05, 0) is 25.7 Å². The highest BCUT2D eigenvalue weighted by atomic mass is 16.7. The molecule has 132 valence electrons. The summed E-state index contributed by atoms with van der Waals surface area (Å²) in [6.45, 7) is 3.60. The summed E-state index contributed by atoms with van der Waals surface area (Å²) < 4.78 is 16.4. The van der Waals surface area contributed by atoms with Gasteiger partial charge in [0.25, 0.3) is 0 Å². The molecule has 0 saturated carbocycles. The second-order valence-corrected chi connectivity index (χ2v) is 5.47. The Labute approximate surface area is 137 Å². The monoisotopic (exact) mass is 329 g/mol. The Morgan fingerprint density at radius 3 is 2.57 bits per heavy atom. The highest BCUT2D eigenvalue weighted by Gasteiger charge is 2.33. The van der Waals surface area contributed by atoms with Gasteiger partial charge in [-0.3, -0.25) is 9.59 Å². The van der Waals surface area contributed by atoms with Crippen LogP contribution in [-0.4, -0.2) is 55.2 Å². The van der Waals surface area contributed by atoms with Crippen LogP contribution in [0.5, 0.6) is 0 Å². The molecule has 7 nitrogen and oxygen atoms in total. The molecule has 1 fully saturated rings. The summed E-state index contributed by atoms with van der Waals surface area (Å²) in [5, 5.41) is 11.5. The van der Waals surface area contributed by atoms with Gasteiger partial charge in [0, 0.05) is 27.1 Å². The van der Waals surface area contributed by atoms with Gasteiger partial charge in [-0.1, -0.05) is 12.8 Å². The molecule has 0 aromatic rings. The first kappa shape index (κ1) is 19.9. The Morgan fingerprint density at radius 2 is 1.91 bits per heavy atom. The van der Waals surface area contributed by atoms with E-state index in [4.69, 9.17) is 19.3 Å². The van der Waals surface area contributed by atoms with Gasteiger partial charge in [-0.25, -0.2) is 0 Å². The quantitative estimate of drug-likeness (QED) is 0.454. The minimum Gasteiger partial charge on any atom is -0.463 e. The lowest BCUT2D eigenvalue weighted by Crippen LogP contribution is -2.51. The molecule has 0 aliphatic carbocycles. The molecular formula is C16H27NO6. The summed E-state index contributed by atoms with van der Waals surface area (Å²) in [5.74, 6) is -0.537. The fraction of sp³-hybridized carbons (Fsp3) is 0.750. The van der Waals surface area contributed by atoms with Crippen molar-refractivity contribution in [3.8, 4) is 0 Å². The minimum absolute atomic E-state index is 0.120. The molecule has 0 unspecified atom stereocenters. The van der Waals surface area contributed by atoms with Crippen molar-refractivity contribution >= 4 is 11.9 Å². The first-order valence-corrected chi connectivity index (χ1v) is 7.99. The number of hydrogen-bond acceptors (Lipinski definition) is 6. The van der Waals surface area contributed by atoms with Crippen molar-refractivity contribution in [1.82, 2.24) is 5.32 Å². The van der Waals surface area contributed by atoms with E-state index in [0.29, 0.717) is 6.61 Å². The van der Waals surface area contributed by atoms with Crippen molar-refractivity contribution < 1.29 is 28.9 Å². The second-order valence-electron chi connectivity index (χ2n) is 5.47. The fourth-order valence-corrected chi connectivity index (χ4v) is 2.19. The molecular weight excluding hydrogens is 302 g/mol. The number of aliphatic hydroxyl groups excluding tert-OH is 1. The van der Waals surface area contributed by atoms with Crippen LogP contribution in [0.2, 0.25) is 0 Å². The minimum atomic E-state index is -0.609. The normalized spacial score (nSPS) is 24.2. The van der Waals surface area contributed by atoms with Crippen molar-refractivity contribution in [3.05, 3.63) is 12.8 Å². The molecule has 23 heavy (non-hydrogen) atoms. The molecule has 7 heteroatoms. The number of esters is 1. The SMILES string of the molecule is CC(=O)N[C@@H]1[CH][CH][C@H](COC(C)=O)O[C@H]1OCCCCCCO. The molecule has 2 radical (unpaired) electrons. The fourth-order valence-electron chi connectivity index (χ4n) is 2.19. The van der Waals surface area contributed by atoms with Gasteiger partial charge in [0.2, 0.25) is 5.91 Å². The third kappa shape index (κ3) is 8.88. The van der Waals surface area contributed by atoms with Crippen LogP contribution in [0.1, 0.15) is 39.5 Å². The van der Waals surface area contributed by atoms with Gasteiger partial charge >= 0.3 is 5.97 Å². The molecule has 3 atom stereocenters. The van der Waals surface area contributed by atoms with Crippen LogP contribution in [0.25, 0.3) is 0 Å². The second kappa shape index (κ2) is 11.4. The lowest BCUT2D eigenvalue weighted by Gasteiger charge is -2.35. The first-order valence-electron chi connectivity index (χ1n) is 7.99.